The minimum atomic E-state index is -0.820. The molecule has 2 amide bonds. The molecule has 1 saturated carbocycles. The molecule has 6 rings (SSSR count). The van der Waals surface area contributed by atoms with Crippen LogP contribution < -0.4 is 4.74 Å². The smallest absolute Gasteiger partial charge is 0.410 e. The highest BCUT2D eigenvalue weighted by Crippen LogP contribution is 2.49. The van der Waals surface area contributed by atoms with Gasteiger partial charge in [0.15, 0.2) is 5.79 Å². The molecule has 3 aromatic heterocycles. The van der Waals surface area contributed by atoms with Gasteiger partial charge >= 0.3 is 12.2 Å². The molecule has 0 bridgehead atoms. The van der Waals surface area contributed by atoms with E-state index >= 15 is 0 Å². The summed E-state index contributed by atoms with van der Waals surface area (Å²) in [7, 11) is 1.60. The first-order valence-electron chi connectivity index (χ1n) is 18.7. The Bertz CT molecular complexity index is 1900. The molecule has 1 aromatic carbocycles. The number of hydrogen-bond donors (Lipinski definition) is 0. The summed E-state index contributed by atoms with van der Waals surface area (Å²) in [4.78, 5) is 44.4. The van der Waals surface area contributed by atoms with Crippen molar-refractivity contribution in [3.05, 3.63) is 60.0 Å². The predicted octanol–water partition coefficient (Wildman–Crippen LogP) is 7.75. The van der Waals surface area contributed by atoms with Gasteiger partial charge in [0.2, 0.25) is 5.88 Å². The van der Waals surface area contributed by atoms with Gasteiger partial charge in [0.1, 0.15) is 34.3 Å². The van der Waals surface area contributed by atoms with Gasteiger partial charge in [-0.3, -0.25) is 0 Å². The Labute approximate surface area is 321 Å². The van der Waals surface area contributed by atoms with Crippen LogP contribution in [0.4, 0.5) is 9.59 Å². The number of aromatic nitrogens is 4. The number of carbonyl (C=O) groups excluding carboxylic acids is 2. The molecule has 2 aliphatic rings. The van der Waals surface area contributed by atoms with Crippen molar-refractivity contribution in [1.82, 2.24) is 29.3 Å². The van der Waals surface area contributed by atoms with Gasteiger partial charge in [-0.1, -0.05) is 30.3 Å². The van der Waals surface area contributed by atoms with Gasteiger partial charge in [-0.25, -0.2) is 24.5 Å². The first-order valence-corrected chi connectivity index (χ1v) is 19.5. The highest BCUT2D eigenvalue weighted by molar-refractivity contribution is 7.13. The molecule has 4 heterocycles. The molecule has 0 unspecified atom stereocenters. The molecule has 1 aliphatic heterocycles. The zero-order valence-corrected chi connectivity index (χ0v) is 33.7. The van der Waals surface area contributed by atoms with Crippen molar-refractivity contribution < 1.29 is 33.3 Å². The fourth-order valence-electron chi connectivity index (χ4n) is 7.25. The second kappa shape index (κ2) is 15.8. The number of amides is 2. The lowest BCUT2D eigenvalue weighted by molar-refractivity contribution is -0.160. The number of nitrogens with zero attached hydrogens (tertiary/aromatic N) is 6. The van der Waals surface area contributed by atoms with Crippen LogP contribution >= 0.6 is 11.3 Å². The van der Waals surface area contributed by atoms with E-state index in [1.807, 2.05) is 85.2 Å². The standard InChI is InChI=1S/C40H54N6O7S/c1-38(2,3)52-36(47)44(19-16-26-14-11-10-12-15-26)17-13-18-45(37(48)53-39(4,5)6)22-27-20-30(33-32(27)50-40(7,8)51-33)46-23-29(28-21-41-25-42-34(28)46)35-43-31(49-9)24-54-35/h10-12,14-15,21,23-25,27,30,32-33H,13,16-20,22H2,1-9H3/t27-,30-,32-,33+/m1/s1. The topological polar surface area (TPSA) is 130 Å². The lowest BCUT2D eigenvalue weighted by Crippen LogP contribution is -2.44. The molecular weight excluding hydrogens is 709 g/mol. The lowest BCUT2D eigenvalue weighted by atomic mass is 10.0. The number of rotatable bonds is 12. The first-order chi connectivity index (χ1) is 25.5. The third-order valence-corrected chi connectivity index (χ3v) is 10.3. The number of fused-ring (bicyclic) bond motifs is 2. The van der Waals surface area contributed by atoms with E-state index in [9.17, 15) is 9.59 Å². The van der Waals surface area contributed by atoms with E-state index in [1.54, 1.807) is 23.2 Å². The molecule has 13 nitrogen and oxygen atoms in total. The monoisotopic (exact) mass is 762 g/mol. The molecule has 14 heteroatoms. The minimum Gasteiger partial charge on any atom is -0.480 e. The van der Waals surface area contributed by atoms with E-state index in [4.69, 9.17) is 28.7 Å². The SMILES string of the molecule is COc1csc(-c2cn([C@@H]3C[C@H](CN(CCCN(CCc4ccccc4)C(=O)OC(C)(C)C)C(=O)OC(C)(C)C)[C@H]4OC(C)(C)O[C@H]43)c3ncncc23)n1. The molecule has 1 saturated heterocycles. The summed E-state index contributed by atoms with van der Waals surface area (Å²) in [5.41, 5.74) is 1.49. The minimum absolute atomic E-state index is 0.0861. The molecule has 292 valence electrons. The second-order valence-electron chi connectivity index (χ2n) is 16.5. The summed E-state index contributed by atoms with van der Waals surface area (Å²) in [5.74, 6) is -0.355. The number of hydrogen-bond acceptors (Lipinski definition) is 11. The number of carbonyl (C=O) groups is 2. The van der Waals surface area contributed by atoms with Gasteiger partial charge in [0, 0.05) is 55.4 Å². The highest BCUT2D eigenvalue weighted by Gasteiger charge is 2.55. The van der Waals surface area contributed by atoms with E-state index in [0.29, 0.717) is 51.3 Å². The van der Waals surface area contributed by atoms with Crippen molar-refractivity contribution in [1.29, 1.82) is 0 Å². The van der Waals surface area contributed by atoms with Crippen LogP contribution in [0.25, 0.3) is 21.6 Å². The van der Waals surface area contributed by atoms with Crippen molar-refractivity contribution in [3.63, 3.8) is 0 Å². The average molecular weight is 763 g/mol. The average Bonchev–Trinajstić information content (AvgIpc) is 3.86. The number of ether oxygens (including phenoxy) is 5. The molecule has 0 N–H and O–H groups in total. The van der Waals surface area contributed by atoms with Crippen LogP contribution in [0.3, 0.4) is 0 Å². The number of thiazole rings is 1. The normalized spacial score (nSPS) is 20.8. The van der Waals surface area contributed by atoms with E-state index in [0.717, 1.165) is 27.2 Å². The van der Waals surface area contributed by atoms with Crippen LogP contribution in [-0.2, 0) is 25.4 Å². The van der Waals surface area contributed by atoms with Gasteiger partial charge in [-0.05, 0) is 80.2 Å². The van der Waals surface area contributed by atoms with Crippen molar-refractivity contribution in [2.45, 2.75) is 110 Å². The maximum absolute atomic E-state index is 13.9. The molecule has 2 fully saturated rings. The summed E-state index contributed by atoms with van der Waals surface area (Å²) < 4.78 is 32.5. The third kappa shape index (κ3) is 9.50. The zero-order valence-electron chi connectivity index (χ0n) is 32.9. The summed E-state index contributed by atoms with van der Waals surface area (Å²) in [6.45, 7) is 16.7. The van der Waals surface area contributed by atoms with Crippen molar-refractivity contribution in [2.24, 2.45) is 5.92 Å². The van der Waals surface area contributed by atoms with E-state index in [2.05, 4.69) is 32.9 Å². The second-order valence-corrected chi connectivity index (χ2v) is 17.4. The first kappa shape index (κ1) is 39.4. The van der Waals surface area contributed by atoms with Crippen LogP contribution in [0.1, 0.15) is 79.8 Å². The summed E-state index contributed by atoms with van der Waals surface area (Å²) in [6, 6.07) is 9.93. The summed E-state index contributed by atoms with van der Waals surface area (Å²) in [6.07, 6.45) is 5.95. The van der Waals surface area contributed by atoms with E-state index < -0.39 is 23.1 Å². The Hall–Kier alpha value is -4.27. The lowest BCUT2D eigenvalue weighted by Gasteiger charge is -2.32. The predicted molar refractivity (Wildman–Crippen MR) is 207 cm³/mol. The van der Waals surface area contributed by atoms with Crippen LogP contribution in [0.2, 0.25) is 0 Å². The number of benzene rings is 1. The maximum atomic E-state index is 13.9. The van der Waals surface area contributed by atoms with E-state index in [-0.39, 0.29) is 30.3 Å². The Morgan fingerprint density at radius 3 is 2.30 bits per heavy atom. The van der Waals surface area contributed by atoms with Crippen molar-refractivity contribution >= 4 is 34.6 Å². The molecule has 4 aromatic rings. The Kier molecular flexibility index (Phi) is 11.6. The van der Waals surface area contributed by atoms with Gasteiger partial charge in [0.05, 0.1) is 24.6 Å². The van der Waals surface area contributed by atoms with Crippen LogP contribution in [-0.4, -0.2) is 104 Å². The highest BCUT2D eigenvalue weighted by atomic mass is 32.1. The zero-order chi connectivity index (χ0) is 38.8. The molecule has 0 radical (unpaired) electrons. The van der Waals surface area contributed by atoms with Crippen molar-refractivity contribution in [3.8, 4) is 16.5 Å². The fraction of sp³-hybridized carbons (Fsp3) is 0.575. The Morgan fingerprint density at radius 1 is 0.963 bits per heavy atom. The summed E-state index contributed by atoms with van der Waals surface area (Å²) >= 11 is 1.50. The van der Waals surface area contributed by atoms with Crippen LogP contribution in [0.15, 0.2) is 54.4 Å². The molecule has 1 aliphatic carbocycles. The fourth-order valence-corrected chi connectivity index (χ4v) is 8.04. The van der Waals surface area contributed by atoms with Crippen LogP contribution in [0.5, 0.6) is 5.88 Å². The van der Waals surface area contributed by atoms with E-state index in [1.165, 1.54) is 11.3 Å². The molecule has 54 heavy (non-hydrogen) atoms. The van der Waals surface area contributed by atoms with Gasteiger partial charge in [0.25, 0.3) is 0 Å². The third-order valence-electron chi connectivity index (χ3n) is 9.45. The molecule has 4 atom stereocenters. The largest absolute Gasteiger partial charge is 0.480 e. The van der Waals surface area contributed by atoms with Crippen LogP contribution in [0, 0.1) is 5.92 Å². The maximum Gasteiger partial charge on any atom is 0.410 e. The van der Waals surface area contributed by atoms with Crippen molar-refractivity contribution in [2.75, 3.05) is 33.3 Å². The quantitative estimate of drug-likeness (QED) is 0.141. The Morgan fingerprint density at radius 2 is 1.63 bits per heavy atom. The van der Waals surface area contributed by atoms with Gasteiger partial charge < -0.3 is 38.1 Å². The molecule has 0 spiro atoms. The summed E-state index contributed by atoms with van der Waals surface area (Å²) in [5, 5.41) is 3.56. The van der Waals surface area contributed by atoms with Gasteiger partial charge in [-0.2, -0.15) is 0 Å². The number of methoxy groups -OCH3 is 1. The van der Waals surface area contributed by atoms with Gasteiger partial charge in [-0.15, -0.1) is 11.3 Å². The Balaban J connectivity index is 1.24. The molecular formula is C40H54N6O7S.